The number of non-ortho nitro benzene ring substituents is 1. The Morgan fingerprint density at radius 1 is 1.39 bits per heavy atom. The Balaban J connectivity index is 2.76. The average Bonchev–Trinajstić information content (AvgIpc) is 2.36. The highest BCUT2D eigenvalue weighted by Gasteiger charge is 2.07. The Morgan fingerprint density at radius 3 is 2.50 bits per heavy atom. The van der Waals surface area contributed by atoms with Crippen molar-refractivity contribution < 1.29 is 9.72 Å². The first-order valence-corrected chi connectivity index (χ1v) is 6.77. The van der Waals surface area contributed by atoms with Crippen LogP contribution >= 0.6 is 22.6 Å². The number of Topliss-reactive ketones (excluding diaryl/α,β-unsaturated/α-hetero) is 1. The number of benzene rings is 1. The van der Waals surface area contributed by atoms with Gasteiger partial charge in [0.25, 0.3) is 5.69 Å². The van der Waals surface area contributed by atoms with Crippen LogP contribution in [0, 0.1) is 10.1 Å². The van der Waals surface area contributed by atoms with Crippen molar-refractivity contribution >= 4 is 40.1 Å². The lowest BCUT2D eigenvalue weighted by Crippen LogP contribution is -1.96. The van der Waals surface area contributed by atoms with E-state index in [9.17, 15) is 14.9 Å². The Hall–Kier alpha value is -1.24. The van der Waals surface area contributed by atoms with Gasteiger partial charge >= 0.3 is 0 Å². The molecule has 1 rings (SSSR count). The number of nitrogens with zero attached hydrogens (tertiary/aromatic N) is 1. The number of carbonyl (C=O) groups excluding carboxylic acids is 1. The molecule has 5 heteroatoms. The molecular formula is C13H14INO3. The predicted octanol–water partition coefficient (Wildman–Crippen LogP) is 4.13. The fraction of sp³-hybridized carbons (Fsp3) is 0.308. The first-order valence-electron chi connectivity index (χ1n) is 5.69. The summed E-state index contributed by atoms with van der Waals surface area (Å²) in [5.41, 5.74) is 0.856. The molecule has 0 saturated heterocycles. The summed E-state index contributed by atoms with van der Waals surface area (Å²) in [4.78, 5) is 21.8. The number of allylic oxidation sites excluding steroid dienone is 1. The number of unbranched alkanes of at least 4 members (excludes halogenated alkanes) is 1. The number of ketones is 1. The zero-order valence-corrected chi connectivity index (χ0v) is 12.2. The fourth-order valence-corrected chi connectivity index (χ4v) is 2.01. The number of hydrogen-bond donors (Lipinski definition) is 0. The first-order chi connectivity index (χ1) is 8.54. The van der Waals surface area contributed by atoms with Gasteiger partial charge in [-0.15, -0.1) is 0 Å². The number of nitro groups is 1. The molecule has 0 spiro atoms. The lowest BCUT2D eigenvalue weighted by atomic mass is 10.1. The first kappa shape index (κ1) is 14.8. The topological polar surface area (TPSA) is 60.2 Å². The maximum atomic E-state index is 11.7. The summed E-state index contributed by atoms with van der Waals surface area (Å²) in [7, 11) is 0. The molecule has 0 aliphatic heterocycles. The van der Waals surface area contributed by atoms with Crippen LogP contribution in [0.15, 0.2) is 27.8 Å². The average molecular weight is 359 g/mol. The maximum Gasteiger partial charge on any atom is 0.269 e. The molecule has 0 aliphatic carbocycles. The molecule has 18 heavy (non-hydrogen) atoms. The third-order valence-corrected chi connectivity index (χ3v) is 3.33. The van der Waals surface area contributed by atoms with Crippen molar-refractivity contribution in [3.8, 4) is 0 Å². The van der Waals surface area contributed by atoms with E-state index in [1.807, 2.05) is 29.5 Å². The zero-order chi connectivity index (χ0) is 13.5. The van der Waals surface area contributed by atoms with Gasteiger partial charge in [-0.2, -0.15) is 0 Å². The van der Waals surface area contributed by atoms with Crippen LogP contribution in [-0.4, -0.2) is 10.7 Å². The summed E-state index contributed by atoms with van der Waals surface area (Å²) >= 11 is 2.01. The monoisotopic (exact) mass is 359 g/mol. The lowest BCUT2D eigenvalue weighted by Gasteiger charge is -1.99. The molecule has 0 radical (unpaired) electrons. The molecule has 0 N–H and O–H groups in total. The molecule has 0 saturated carbocycles. The van der Waals surface area contributed by atoms with Gasteiger partial charge in [0.2, 0.25) is 0 Å². The van der Waals surface area contributed by atoms with Gasteiger partial charge in [-0.1, -0.05) is 13.3 Å². The van der Waals surface area contributed by atoms with Crippen LogP contribution in [0.1, 0.15) is 31.7 Å². The van der Waals surface area contributed by atoms with E-state index >= 15 is 0 Å². The fourth-order valence-electron chi connectivity index (χ4n) is 1.38. The minimum atomic E-state index is -0.440. The van der Waals surface area contributed by atoms with Crippen molar-refractivity contribution in [1.82, 2.24) is 0 Å². The molecule has 0 fully saturated rings. The van der Waals surface area contributed by atoms with E-state index in [0.717, 1.165) is 18.4 Å². The summed E-state index contributed by atoms with van der Waals surface area (Å²) in [5, 5.41) is 10.5. The third kappa shape index (κ3) is 4.56. The van der Waals surface area contributed by atoms with E-state index in [0.29, 0.717) is 10.0 Å². The second kappa shape index (κ2) is 7.25. The van der Waals surface area contributed by atoms with Gasteiger partial charge in [-0.25, -0.2) is 0 Å². The minimum Gasteiger partial charge on any atom is -0.294 e. The van der Waals surface area contributed by atoms with Gasteiger partial charge in [-0.3, -0.25) is 14.9 Å². The van der Waals surface area contributed by atoms with Crippen LogP contribution in [-0.2, 0) is 4.79 Å². The molecule has 1 aromatic carbocycles. The van der Waals surface area contributed by atoms with Crippen molar-refractivity contribution in [3.05, 3.63) is 43.5 Å². The van der Waals surface area contributed by atoms with Gasteiger partial charge in [0.15, 0.2) is 5.78 Å². The van der Waals surface area contributed by atoms with Crippen LogP contribution in [0.2, 0.25) is 0 Å². The summed E-state index contributed by atoms with van der Waals surface area (Å²) in [5.74, 6) is 0.121. The van der Waals surface area contributed by atoms with Gasteiger partial charge in [0.1, 0.15) is 0 Å². The molecule has 0 unspecified atom stereocenters. The van der Waals surface area contributed by atoms with Crippen molar-refractivity contribution in [2.45, 2.75) is 26.2 Å². The van der Waals surface area contributed by atoms with Crippen molar-refractivity contribution in [2.24, 2.45) is 0 Å². The van der Waals surface area contributed by atoms with E-state index in [-0.39, 0.29) is 11.5 Å². The van der Waals surface area contributed by atoms with Gasteiger partial charge in [0, 0.05) is 18.6 Å². The molecule has 0 aliphatic rings. The van der Waals surface area contributed by atoms with Crippen LogP contribution in [0.4, 0.5) is 5.69 Å². The predicted molar refractivity (Wildman–Crippen MR) is 79.6 cm³/mol. The Labute approximate surface area is 119 Å². The van der Waals surface area contributed by atoms with E-state index in [1.54, 1.807) is 18.2 Å². The summed E-state index contributed by atoms with van der Waals surface area (Å²) in [6, 6.07) is 6.16. The van der Waals surface area contributed by atoms with E-state index in [1.165, 1.54) is 12.1 Å². The Morgan fingerprint density at radius 2 is 2.00 bits per heavy atom. The van der Waals surface area contributed by atoms with Gasteiger partial charge in [-0.05, 0) is 52.8 Å². The highest BCUT2D eigenvalue weighted by atomic mass is 127. The third-order valence-electron chi connectivity index (χ3n) is 2.42. The summed E-state index contributed by atoms with van der Waals surface area (Å²) in [6.45, 7) is 2.04. The molecule has 0 atom stereocenters. The molecule has 96 valence electrons. The highest BCUT2D eigenvalue weighted by molar-refractivity contribution is 14.1. The normalized spacial score (nSPS) is 11.3. The van der Waals surface area contributed by atoms with Crippen LogP contribution in [0.25, 0.3) is 6.08 Å². The molecule has 0 heterocycles. The molecule has 4 nitrogen and oxygen atoms in total. The van der Waals surface area contributed by atoms with E-state index in [2.05, 4.69) is 0 Å². The molecule has 0 amide bonds. The summed E-state index contributed by atoms with van der Waals surface area (Å²) in [6.07, 6.45) is 4.19. The van der Waals surface area contributed by atoms with Crippen LogP contribution in [0.3, 0.4) is 0 Å². The lowest BCUT2D eigenvalue weighted by molar-refractivity contribution is -0.384. The Kier molecular flexibility index (Phi) is 5.97. The van der Waals surface area contributed by atoms with Gasteiger partial charge < -0.3 is 0 Å². The maximum absolute atomic E-state index is 11.7. The van der Waals surface area contributed by atoms with Crippen molar-refractivity contribution in [1.29, 1.82) is 0 Å². The second-order valence-electron chi connectivity index (χ2n) is 3.87. The molecule has 1 aromatic rings. The molecule has 0 aromatic heterocycles. The standard InChI is InChI=1S/C13H14INO3/c1-2-3-4-13(16)12(14)9-10-5-7-11(8-6-10)15(17)18/h5-9H,2-4H2,1H3/b12-9+. The van der Waals surface area contributed by atoms with E-state index in [4.69, 9.17) is 0 Å². The van der Waals surface area contributed by atoms with Crippen molar-refractivity contribution in [2.75, 3.05) is 0 Å². The number of rotatable bonds is 6. The summed E-state index contributed by atoms with van der Waals surface area (Å²) < 4.78 is 0.662. The number of carbonyl (C=O) groups is 1. The zero-order valence-electron chi connectivity index (χ0n) is 10.1. The van der Waals surface area contributed by atoms with Crippen molar-refractivity contribution in [3.63, 3.8) is 0 Å². The smallest absolute Gasteiger partial charge is 0.269 e. The second-order valence-corrected chi connectivity index (χ2v) is 5.03. The highest BCUT2D eigenvalue weighted by Crippen LogP contribution is 2.19. The number of hydrogen-bond acceptors (Lipinski definition) is 3. The number of nitro benzene ring substituents is 1. The van der Waals surface area contributed by atoms with Crippen LogP contribution in [0.5, 0.6) is 0 Å². The molecule has 0 bridgehead atoms. The quantitative estimate of drug-likeness (QED) is 0.332. The van der Waals surface area contributed by atoms with Gasteiger partial charge in [0.05, 0.1) is 8.50 Å². The Bertz CT molecular complexity index is 466. The largest absolute Gasteiger partial charge is 0.294 e. The SMILES string of the molecule is CCCCC(=O)/C(I)=C\c1ccc([N+](=O)[O-])cc1. The molecular weight excluding hydrogens is 345 g/mol. The van der Waals surface area contributed by atoms with E-state index < -0.39 is 4.92 Å². The number of halogens is 1. The minimum absolute atomic E-state index is 0.0551. The van der Waals surface area contributed by atoms with Crippen LogP contribution < -0.4 is 0 Å².